The van der Waals surface area contributed by atoms with E-state index in [0.29, 0.717) is 23.9 Å². The highest BCUT2D eigenvalue weighted by molar-refractivity contribution is 6.29. The minimum absolute atomic E-state index is 0.124. The number of aromatic nitrogens is 1. The lowest BCUT2D eigenvalue weighted by molar-refractivity contribution is 0.0937. The van der Waals surface area contributed by atoms with Crippen LogP contribution in [0.3, 0.4) is 0 Å². The predicted octanol–water partition coefficient (Wildman–Crippen LogP) is 2.28. The summed E-state index contributed by atoms with van der Waals surface area (Å²) in [6.45, 7) is 2.19. The number of halogens is 1. The number of carbonyl (C=O) groups is 1. The first kappa shape index (κ1) is 13.3. The molecule has 1 saturated carbocycles. The third-order valence-electron chi connectivity index (χ3n) is 2.79. The monoisotopic (exact) mass is 268 g/mol. The van der Waals surface area contributed by atoms with Gasteiger partial charge in [0.2, 0.25) is 0 Å². The van der Waals surface area contributed by atoms with Crippen LogP contribution >= 0.6 is 11.6 Å². The molecule has 2 rings (SSSR count). The molecule has 1 amide bonds. The molecule has 0 unspecified atom stereocenters. The standard InChI is InChI=1S/C13H17ClN2O2/c14-12-8-11(4-6-15-12)13(17)16-5-1-7-18-9-10-2-3-10/h4,6,8,10H,1-3,5,7,9H2,(H,16,17). The number of nitrogens with zero attached hydrogens (tertiary/aromatic N) is 1. The molecule has 18 heavy (non-hydrogen) atoms. The Balaban J connectivity index is 1.59. The first-order valence-corrected chi connectivity index (χ1v) is 6.61. The van der Waals surface area contributed by atoms with E-state index in [0.717, 1.165) is 18.9 Å². The number of pyridine rings is 1. The molecule has 0 bridgehead atoms. The molecule has 0 spiro atoms. The van der Waals surface area contributed by atoms with Gasteiger partial charge in [-0.15, -0.1) is 0 Å². The average Bonchev–Trinajstić information content (AvgIpc) is 3.17. The van der Waals surface area contributed by atoms with Crippen molar-refractivity contribution in [3.8, 4) is 0 Å². The second-order valence-electron chi connectivity index (χ2n) is 4.49. The molecule has 5 heteroatoms. The summed E-state index contributed by atoms with van der Waals surface area (Å²) in [5.41, 5.74) is 0.536. The third kappa shape index (κ3) is 4.63. The zero-order chi connectivity index (χ0) is 12.8. The van der Waals surface area contributed by atoms with Gasteiger partial charge in [0.25, 0.3) is 5.91 Å². The number of carbonyl (C=O) groups excluding carboxylic acids is 1. The maximum Gasteiger partial charge on any atom is 0.251 e. The van der Waals surface area contributed by atoms with Crippen molar-refractivity contribution in [3.05, 3.63) is 29.0 Å². The van der Waals surface area contributed by atoms with Gasteiger partial charge in [-0.2, -0.15) is 0 Å². The van der Waals surface area contributed by atoms with E-state index in [1.165, 1.54) is 19.0 Å². The van der Waals surface area contributed by atoms with Gasteiger partial charge in [-0.3, -0.25) is 4.79 Å². The molecule has 1 aliphatic carbocycles. The normalized spacial score (nSPS) is 14.5. The van der Waals surface area contributed by atoms with Crippen LogP contribution in [-0.2, 0) is 4.74 Å². The van der Waals surface area contributed by atoms with E-state index in [2.05, 4.69) is 10.3 Å². The Kier molecular flexibility index (Phi) is 4.96. The van der Waals surface area contributed by atoms with Gasteiger partial charge in [0, 0.05) is 31.5 Å². The Bertz CT molecular complexity index is 408. The fraction of sp³-hybridized carbons (Fsp3) is 0.538. The highest BCUT2D eigenvalue weighted by atomic mass is 35.5. The molecule has 1 N–H and O–H groups in total. The number of hydrogen-bond donors (Lipinski definition) is 1. The summed E-state index contributed by atoms with van der Waals surface area (Å²) in [7, 11) is 0. The Morgan fingerprint density at radius 2 is 2.39 bits per heavy atom. The van der Waals surface area contributed by atoms with Gasteiger partial charge >= 0.3 is 0 Å². The number of ether oxygens (including phenoxy) is 1. The minimum atomic E-state index is -0.124. The minimum Gasteiger partial charge on any atom is -0.381 e. The molecule has 1 fully saturated rings. The molecule has 0 atom stereocenters. The first-order valence-electron chi connectivity index (χ1n) is 6.23. The smallest absolute Gasteiger partial charge is 0.251 e. The van der Waals surface area contributed by atoms with E-state index in [9.17, 15) is 4.79 Å². The maximum absolute atomic E-state index is 11.7. The van der Waals surface area contributed by atoms with Crippen molar-refractivity contribution < 1.29 is 9.53 Å². The summed E-state index contributed by atoms with van der Waals surface area (Å²) < 4.78 is 5.48. The molecule has 0 saturated heterocycles. The summed E-state index contributed by atoms with van der Waals surface area (Å²) in [6, 6.07) is 3.20. The topological polar surface area (TPSA) is 51.2 Å². The SMILES string of the molecule is O=C(NCCCOCC1CC1)c1ccnc(Cl)c1. The van der Waals surface area contributed by atoms with E-state index in [1.54, 1.807) is 12.1 Å². The Morgan fingerprint density at radius 3 is 3.11 bits per heavy atom. The Labute approximate surface area is 112 Å². The van der Waals surface area contributed by atoms with Crippen LogP contribution in [0.25, 0.3) is 0 Å². The average molecular weight is 269 g/mol. The molecule has 4 nitrogen and oxygen atoms in total. The van der Waals surface area contributed by atoms with E-state index in [1.807, 2.05) is 0 Å². The van der Waals surface area contributed by atoms with Gasteiger partial charge in [0.1, 0.15) is 5.15 Å². The van der Waals surface area contributed by atoms with Crippen LogP contribution in [0.5, 0.6) is 0 Å². The van der Waals surface area contributed by atoms with E-state index in [-0.39, 0.29) is 5.91 Å². The quantitative estimate of drug-likeness (QED) is 0.610. The molecule has 0 radical (unpaired) electrons. The summed E-state index contributed by atoms with van der Waals surface area (Å²) in [6.07, 6.45) is 4.96. The molecule has 1 aromatic rings. The van der Waals surface area contributed by atoms with E-state index in [4.69, 9.17) is 16.3 Å². The van der Waals surface area contributed by atoms with Crippen molar-refractivity contribution in [1.82, 2.24) is 10.3 Å². The largest absolute Gasteiger partial charge is 0.381 e. The fourth-order valence-electron chi connectivity index (χ4n) is 1.56. The lowest BCUT2D eigenvalue weighted by atomic mass is 10.2. The van der Waals surface area contributed by atoms with Crippen LogP contribution in [0.2, 0.25) is 5.15 Å². The van der Waals surface area contributed by atoms with E-state index < -0.39 is 0 Å². The van der Waals surface area contributed by atoms with Gasteiger partial charge < -0.3 is 10.1 Å². The van der Waals surface area contributed by atoms with Crippen LogP contribution in [0.15, 0.2) is 18.3 Å². The van der Waals surface area contributed by atoms with Crippen LogP contribution in [0.1, 0.15) is 29.6 Å². The zero-order valence-corrected chi connectivity index (χ0v) is 10.9. The molecule has 1 aromatic heterocycles. The van der Waals surface area contributed by atoms with Crippen molar-refractivity contribution in [1.29, 1.82) is 0 Å². The number of amides is 1. The molecule has 0 aromatic carbocycles. The van der Waals surface area contributed by atoms with Gasteiger partial charge in [0.15, 0.2) is 0 Å². The van der Waals surface area contributed by atoms with Crippen molar-refractivity contribution >= 4 is 17.5 Å². The van der Waals surface area contributed by atoms with Gasteiger partial charge in [-0.05, 0) is 37.3 Å². The number of hydrogen-bond acceptors (Lipinski definition) is 3. The summed E-state index contributed by atoms with van der Waals surface area (Å²) in [5.74, 6) is 0.667. The van der Waals surface area contributed by atoms with Crippen molar-refractivity contribution in [2.45, 2.75) is 19.3 Å². The summed E-state index contributed by atoms with van der Waals surface area (Å²) in [4.78, 5) is 15.5. The van der Waals surface area contributed by atoms with Crippen molar-refractivity contribution in [3.63, 3.8) is 0 Å². The summed E-state index contributed by atoms with van der Waals surface area (Å²) >= 11 is 5.72. The maximum atomic E-state index is 11.7. The van der Waals surface area contributed by atoms with Crippen LogP contribution < -0.4 is 5.32 Å². The van der Waals surface area contributed by atoms with Crippen LogP contribution in [0.4, 0.5) is 0 Å². The van der Waals surface area contributed by atoms with Gasteiger partial charge in [-0.1, -0.05) is 11.6 Å². The van der Waals surface area contributed by atoms with Crippen molar-refractivity contribution in [2.24, 2.45) is 5.92 Å². The fourth-order valence-corrected chi connectivity index (χ4v) is 1.73. The molecule has 0 aliphatic heterocycles. The summed E-state index contributed by atoms with van der Waals surface area (Å²) in [5, 5.41) is 3.15. The van der Waals surface area contributed by atoms with Crippen LogP contribution in [0, 0.1) is 5.92 Å². The Morgan fingerprint density at radius 1 is 1.56 bits per heavy atom. The number of nitrogens with one attached hydrogen (secondary N) is 1. The van der Waals surface area contributed by atoms with Gasteiger partial charge in [0.05, 0.1) is 0 Å². The second-order valence-corrected chi connectivity index (χ2v) is 4.88. The molecule has 1 heterocycles. The second kappa shape index (κ2) is 6.71. The first-order chi connectivity index (χ1) is 8.75. The number of rotatable bonds is 7. The van der Waals surface area contributed by atoms with E-state index >= 15 is 0 Å². The molecular formula is C13H17ClN2O2. The van der Waals surface area contributed by atoms with Crippen molar-refractivity contribution in [2.75, 3.05) is 19.8 Å². The highest BCUT2D eigenvalue weighted by Crippen LogP contribution is 2.28. The lowest BCUT2D eigenvalue weighted by Gasteiger charge is -2.06. The highest BCUT2D eigenvalue weighted by Gasteiger charge is 2.20. The predicted molar refractivity (Wildman–Crippen MR) is 69.7 cm³/mol. The Hall–Kier alpha value is -1.13. The molecule has 1 aliphatic rings. The lowest BCUT2D eigenvalue weighted by Crippen LogP contribution is -2.25. The molecule has 98 valence electrons. The molecular weight excluding hydrogens is 252 g/mol. The third-order valence-corrected chi connectivity index (χ3v) is 3.00. The van der Waals surface area contributed by atoms with Gasteiger partial charge in [-0.25, -0.2) is 4.98 Å². The zero-order valence-electron chi connectivity index (χ0n) is 10.2. The van der Waals surface area contributed by atoms with Crippen LogP contribution in [-0.4, -0.2) is 30.6 Å².